The minimum atomic E-state index is -1.00. The molecular weight excluding hydrogens is 347 g/mol. The van der Waals surface area contributed by atoms with Gasteiger partial charge in [-0.2, -0.15) is 5.26 Å². The Morgan fingerprint density at radius 3 is 2.52 bits per heavy atom. The van der Waals surface area contributed by atoms with Gasteiger partial charge in [0.2, 0.25) is 0 Å². The summed E-state index contributed by atoms with van der Waals surface area (Å²) in [5, 5.41) is 18.1. The van der Waals surface area contributed by atoms with Gasteiger partial charge in [-0.3, -0.25) is 4.98 Å². The number of fused-ring (bicyclic) bond motifs is 1. The van der Waals surface area contributed by atoms with E-state index in [1.54, 1.807) is 36.5 Å². The maximum absolute atomic E-state index is 13.6. The van der Waals surface area contributed by atoms with Gasteiger partial charge in [-0.1, -0.05) is 18.2 Å². The lowest BCUT2D eigenvalue weighted by Crippen LogP contribution is -1.94. The fourth-order valence-corrected chi connectivity index (χ4v) is 2.86. The number of carbonyl (C=O) groups is 1. The van der Waals surface area contributed by atoms with E-state index in [0.717, 1.165) is 0 Å². The average molecular weight is 358 g/mol. The van der Waals surface area contributed by atoms with Gasteiger partial charge in [-0.15, -0.1) is 0 Å². The van der Waals surface area contributed by atoms with Gasteiger partial charge in [0.1, 0.15) is 23.2 Å². The highest BCUT2D eigenvalue weighted by Crippen LogP contribution is 2.34. The molecule has 0 radical (unpaired) electrons. The minimum Gasteiger partial charge on any atom is -0.478 e. The molecule has 2 heterocycles. The van der Waals surface area contributed by atoms with Crippen molar-refractivity contribution < 1.29 is 18.7 Å². The summed E-state index contributed by atoms with van der Waals surface area (Å²) >= 11 is 0. The number of hydrogen-bond acceptors (Lipinski definition) is 4. The van der Waals surface area contributed by atoms with Crippen LogP contribution in [0.1, 0.15) is 15.9 Å². The SMILES string of the molecule is N#Cc1cc(-c2ccnc3cc(-c4ccc(C(=O)O)cc4)oc23)ccc1F. The molecule has 0 saturated carbocycles. The van der Waals surface area contributed by atoms with E-state index in [1.807, 2.05) is 6.07 Å². The number of benzene rings is 2. The number of nitriles is 1. The second-order valence-electron chi connectivity index (χ2n) is 5.87. The third-order valence-electron chi connectivity index (χ3n) is 4.23. The molecule has 0 spiro atoms. The van der Waals surface area contributed by atoms with Crippen molar-refractivity contribution in [1.29, 1.82) is 5.26 Å². The fourth-order valence-electron chi connectivity index (χ4n) is 2.86. The van der Waals surface area contributed by atoms with Crippen LogP contribution < -0.4 is 0 Å². The second-order valence-corrected chi connectivity index (χ2v) is 5.87. The van der Waals surface area contributed by atoms with Gasteiger partial charge in [0.15, 0.2) is 5.58 Å². The lowest BCUT2D eigenvalue weighted by molar-refractivity contribution is 0.0697. The number of halogens is 1. The molecule has 0 aliphatic heterocycles. The first-order valence-corrected chi connectivity index (χ1v) is 7.99. The molecule has 4 aromatic rings. The predicted octanol–water partition coefficient (Wildman–Crippen LogP) is 4.87. The number of nitrogens with zero attached hydrogens (tertiary/aromatic N) is 2. The molecule has 130 valence electrons. The van der Waals surface area contributed by atoms with Crippen LogP contribution in [0, 0.1) is 17.1 Å². The molecule has 4 rings (SSSR count). The quantitative estimate of drug-likeness (QED) is 0.564. The second kappa shape index (κ2) is 6.39. The Labute approximate surface area is 152 Å². The van der Waals surface area contributed by atoms with Gasteiger partial charge in [0.05, 0.1) is 11.1 Å². The van der Waals surface area contributed by atoms with Crippen molar-refractivity contribution in [3.63, 3.8) is 0 Å². The summed E-state index contributed by atoms with van der Waals surface area (Å²) in [6.45, 7) is 0. The summed E-state index contributed by atoms with van der Waals surface area (Å²) in [7, 11) is 0. The van der Waals surface area contributed by atoms with Crippen LogP contribution >= 0.6 is 0 Å². The summed E-state index contributed by atoms with van der Waals surface area (Å²) in [6.07, 6.45) is 1.61. The van der Waals surface area contributed by atoms with Crippen molar-refractivity contribution >= 4 is 17.1 Å². The summed E-state index contributed by atoms with van der Waals surface area (Å²) in [6, 6.07) is 15.9. The first-order chi connectivity index (χ1) is 13.1. The van der Waals surface area contributed by atoms with E-state index < -0.39 is 11.8 Å². The smallest absolute Gasteiger partial charge is 0.335 e. The molecule has 27 heavy (non-hydrogen) atoms. The third-order valence-corrected chi connectivity index (χ3v) is 4.23. The molecule has 0 atom stereocenters. The lowest BCUT2D eigenvalue weighted by Gasteiger charge is -2.03. The third kappa shape index (κ3) is 2.92. The molecule has 1 N–H and O–H groups in total. The van der Waals surface area contributed by atoms with E-state index in [2.05, 4.69) is 4.98 Å². The van der Waals surface area contributed by atoms with Crippen LogP contribution in [0.2, 0.25) is 0 Å². The molecule has 5 nitrogen and oxygen atoms in total. The zero-order valence-corrected chi connectivity index (χ0v) is 13.8. The van der Waals surface area contributed by atoms with Crippen LogP contribution in [0.4, 0.5) is 4.39 Å². The van der Waals surface area contributed by atoms with E-state index in [4.69, 9.17) is 14.8 Å². The Morgan fingerprint density at radius 1 is 1.07 bits per heavy atom. The van der Waals surface area contributed by atoms with Crippen molar-refractivity contribution in [3.05, 3.63) is 77.7 Å². The Bertz CT molecular complexity index is 1220. The van der Waals surface area contributed by atoms with Crippen molar-refractivity contribution in [2.24, 2.45) is 0 Å². The number of aromatic carboxylic acids is 1. The number of pyridine rings is 1. The van der Waals surface area contributed by atoms with E-state index >= 15 is 0 Å². The van der Waals surface area contributed by atoms with Gasteiger partial charge in [-0.05, 0) is 35.9 Å². The van der Waals surface area contributed by atoms with E-state index in [9.17, 15) is 9.18 Å². The molecular formula is C21H11FN2O3. The standard InChI is InChI=1S/C21H11FN2O3/c22-17-6-5-14(9-15(17)11-23)16-7-8-24-18-10-19(27-20(16)18)12-1-3-13(4-2-12)21(25)26/h1-10H,(H,25,26). The van der Waals surface area contributed by atoms with Crippen LogP contribution in [-0.2, 0) is 0 Å². The predicted molar refractivity (Wildman–Crippen MR) is 96.5 cm³/mol. The zero-order chi connectivity index (χ0) is 19.0. The number of hydrogen-bond donors (Lipinski definition) is 1. The van der Waals surface area contributed by atoms with Crippen LogP contribution in [0.3, 0.4) is 0 Å². The maximum atomic E-state index is 13.6. The van der Waals surface area contributed by atoms with E-state index in [0.29, 0.717) is 33.6 Å². The fraction of sp³-hybridized carbons (Fsp3) is 0. The first kappa shape index (κ1) is 16.5. The first-order valence-electron chi connectivity index (χ1n) is 7.99. The molecule has 0 aliphatic carbocycles. The van der Waals surface area contributed by atoms with Crippen molar-refractivity contribution in [2.45, 2.75) is 0 Å². The van der Waals surface area contributed by atoms with Gasteiger partial charge in [-0.25, -0.2) is 9.18 Å². The molecule has 0 aliphatic rings. The molecule has 0 bridgehead atoms. The Kier molecular flexibility index (Phi) is 3.90. The number of carboxylic acid groups (broad SMARTS) is 1. The maximum Gasteiger partial charge on any atom is 0.335 e. The largest absolute Gasteiger partial charge is 0.478 e. The van der Waals surface area contributed by atoms with Crippen molar-refractivity contribution in [2.75, 3.05) is 0 Å². The molecule has 2 aromatic carbocycles. The summed E-state index contributed by atoms with van der Waals surface area (Å²) in [5.74, 6) is -1.05. The number of carboxylic acids is 1. The number of rotatable bonds is 3. The highest BCUT2D eigenvalue weighted by molar-refractivity contribution is 5.93. The van der Waals surface area contributed by atoms with Crippen LogP contribution in [0.15, 0.2) is 65.2 Å². The molecule has 6 heteroatoms. The van der Waals surface area contributed by atoms with Gasteiger partial charge in [0.25, 0.3) is 0 Å². The zero-order valence-electron chi connectivity index (χ0n) is 13.8. The van der Waals surface area contributed by atoms with Crippen LogP contribution in [-0.4, -0.2) is 16.1 Å². The van der Waals surface area contributed by atoms with Gasteiger partial charge in [0, 0.05) is 23.4 Å². The molecule has 0 unspecified atom stereocenters. The van der Waals surface area contributed by atoms with Crippen molar-refractivity contribution in [1.82, 2.24) is 4.98 Å². The number of furan rings is 1. The molecule has 0 amide bonds. The molecule has 0 saturated heterocycles. The minimum absolute atomic E-state index is 0.0477. The summed E-state index contributed by atoms with van der Waals surface area (Å²) in [4.78, 5) is 15.3. The highest BCUT2D eigenvalue weighted by Gasteiger charge is 2.14. The van der Waals surface area contributed by atoms with Gasteiger partial charge < -0.3 is 9.52 Å². The monoisotopic (exact) mass is 358 g/mol. The van der Waals surface area contributed by atoms with E-state index in [-0.39, 0.29) is 11.1 Å². The molecule has 2 aromatic heterocycles. The lowest BCUT2D eigenvalue weighted by atomic mass is 10.0. The summed E-state index contributed by atoms with van der Waals surface area (Å²) < 4.78 is 19.6. The van der Waals surface area contributed by atoms with Crippen molar-refractivity contribution in [3.8, 4) is 28.5 Å². The van der Waals surface area contributed by atoms with Crippen LogP contribution in [0.5, 0.6) is 0 Å². The highest BCUT2D eigenvalue weighted by atomic mass is 19.1. The Hall–Kier alpha value is -3.98. The van der Waals surface area contributed by atoms with E-state index in [1.165, 1.54) is 24.3 Å². The Balaban J connectivity index is 1.83. The molecule has 0 fully saturated rings. The normalized spacial score (nSPS) is 10.7. The van der Waals surface area contributed by atoms with Crippen LogP contribution in [0.25, 0.3) is 33.6 Å². The average Bonchev–Trinajstić information content (AvgIpc) is 3.13. The summed E-state index contributed by atoms with van der Waals surface area (Å²) in [5.41, 5.74) is 3.28. The Morgan fingerprint density at radius 2 is 1.81 bits per heavy atom. The van der Waals surface area contributed by atoms with Gasteiger partial charge >= 0.3 is 5.97 Å². The topological polar surface area (TPSA) is 87.1 Å². The number of aromatic nitrogens is 1.